The SMILES string of the molecule is CCC(C)CCC(O)CC(=O)N[C@H](CCN)C(=O)N[C@H]1CCNC(=O)[C@H](CC(C)C)NC(=O)[C@H](CCN)NC(=O)[C@H](CCN)NC(=O)[C@@H](Cc2ccccc2)NC(=O)[C@H](CC(C)C)NC(=O)[C@H](CCN)NC1=O. The highest BCUT2D eigenvalue weighted by Gasteiger charge is 2.35. The van der Waals surface area contributed by atoms with Crippen molar-refractivity contribution in [2.45, 2.75) is 173 Å². The molecule has 412 valence electrons. The maximum Gasteiger partial charge on any atom is 0.243 e. The molecule has 1 saturated heterocycles. The van der Waals surface area contributed by atoms with Crippen molar-refractivity contribution in [1.82, 2.24) is 47.9 Å². The van der Waals surface area contributed by atoms with E-state index < -0.39 is 108 Å². The average Bonchev–Trinajstić information content (AvgIpc) is 3.33. The average molecular weight is 1030 g/mol. The zero-order valence-electron chi connectivity index (χ0n) is 43.8. The van der Waals surface area contributed by atoms with Gasteiger partial charge in [0.1, 0.15) is 48.3 Å². The first-order chi connectivity index (χ1) is 34.7. The first-order valence-corrected chi connectivity index (χ1v) is 25.9. The molecule has 9 amide bonds. The molecule has 0 bridgehead atoms. The molecule has 73 heavy (non-hydrogen) atoms. The molecule has 0 saturated carbocycles. The normalized spacial score (nSPS) is 23.6. The molecule has 1 fully saturated rings. The van der Waals surface area contributed by atoms with Crippen molar-refractivity contribution in [3.05, 3.63) is 35.9 Å². The molecular formula is C50H87N13O10. The summed E-state index contributed by atoms with van der Waals surface area (Å²) >= 11 is 0. The number of amides is 9. The summed E-state index contributed by atoms with van der Waals surface area (Å²) in [5.41, 5.74) is 24.2. The highest BCUT2D eigenvalue weighted by atomic mass is 16.3. The lowest BCUT2D eigenvalue weighted by atomic mass is 9.99. The number of hydrogen-bond donors (Lipinski definition) is 14. The van der Waals surface area contributed by atoms with Crippen LogP contribution >= 0.6 is 0 Å². The number of aliphatic hydroxyl groups excluding tert-OH is 1. The van der Waals surface area contributed by atoms with Crippen LogP contribution < -0.4 is 70.8 Å². The van der Waals surface area contributed by atoms with Gasteiger partial charge in [0, 0.05) is 13.0 Å². The van der Waals surface area contributed by atoms with Gasteiger partial charge in [-0.3, -0.25) is 43.2 Å². The summed E-state index contributed by atoms with van der Waals surface area (Å²) < 4.78 is 0. The van der Waals surface area contributed by atoms with Gasteiger partial charge >= 0.3 is 0 Å². The molecule has 23 heteroatoms. The van der Waals surface area contributed by atoms with Crippen LogP contribution in [0.15, 0.2) is 30.3 Å². The second-order valence-electron chi connectivity index (χ2n) is 19.8. The van der Waals surface area contributed by atoms with Gasteiger partial charge in [-0.1, -0.05) is 78.3 Å². The van der Waals surface area contributed by atoms with E-state index in [9.17, 15) is 48.3 Å². The molecule has 1 aliphatic rings. The van der Waals surface area contributed by atoms with Crippen LogP contribution in [-0.2, 0) is 49.6 Å². The molecule has 18 N–H and O–H groups in total. The molecule has 1 heterocycles. The van der Waals surface area contributed by atoms with Crippen molar-refractivity contribution in [1.29, 1.82) is 0 Å². The topological polar surface area (TPSA) is 386 Å². The Morgan fingerprint density at radius 2 is 1.05 bits per heavy atom. The third kappa shape index (κ3) is 23.8. The lowest BCUT2D eigenvalue weighted by Crippen LogP contribution is -2.61. The lowest BCUT2D eigenvalue weighted by Gasteiger charge is -2.28. The monoisotopic (exact) mass is 1030 g/mol. The number of carbonyl (C=O) groups is 9. The quantitative estimate of drug-likeness (QED) is 0.0548. The molecule has 2 rings (SSSR count). The minimum Gasteiger partial charge on any atom is -0.393 e. The summed E-state index contributed by atoms with van der Waals surface area (Å²) in [5.74, 6) is -6.77. The molecule has 2 unspecified atom stereocenters. The van der Waals surface area contributed by atoms with E-state index in [4.69, 9.17) is 22.9 Å². The number of rotatable bonds is 23. The molecule has 0 aliphatic carbocycles. The highest BCUT2D eigenvalue weighted by Crippen LogP contribution is 2.14. The summed E-state index contributed by atoms with van der Waals surface area (Å²) in [6.07, 6.45) is 0.359. The van der Waals surface area contributed by atoms with Crippen molar-refractivity contribution < 1.29 is 48.3 Å². The summed E-state index contributed by atoms with van der Waals surface area (Å²) in [4.78, 5) is 126. The molecule has 1 aromatic carbocycles. The van der Waals surface area contributed by atoms with E-state index in [0.717, 1.165) is 6.42 Å². The van der Waals surface area contributed by atoms with Crippen molar-refractivity contribution in [3.8, 4) is 0 Å². The van der Waals surface area contributed by atoms with Gasteiger partial charge in [0.2, 0.25) is 53.2 Å². The number of nitrogens with two attached hydrogens (primary N) is 4. The summed E-state index contributed by atoms with van der Waals surface area (Å²) in [6.45, 7) is 10.8. The summed E-state index contributed by atoms with van der Waals surface area (Å²) in [5, 5.41) is 34.7. The van der Waals surface area contributed by atoms with E-state index in [2.05, 4.69) is 47.9 Å². The Bertz CT molecular complexity index is 1930. The van der Waals surface area contributed by atoms with E-state index in [-0.39, 0.29) is 102 Å². The maximum absolute atomic E-state index is 14.3. The minimum absolute atomic E-state index is 0.0373. The van der Waals surface area contributed by atoms with E-state index in [1.165, 1.54) is 0 Å². The van der Waals surface area contributed by atoms with Gasteiger partial charge in [0.05, 0.1) is 12.5 Å². The van der Waals surface area contributed by atoms with Crippen LogP contribution in [0.3, 0.4) is 0 Å². The third-order valence-corrected chi connectivity index (χ3v) is 12.4. The van der Waals surface area contributed by atoms with E-state index in [0.29, 0.717) is 24.3 Å². The van der Waals surface area contributed by atoms with E-state index in [1.807, 2.05) is 41.5 Å². The predicted octanol–water partition coefficient (Wildman–Crippen LogP) is -2.31. The number of aliphatic hydroxyl groups is 1. The smallest absolute Gasteiger partial charge is 0.243 e. The Labute approximate surface area is 430 Å². The van der Waals surface area contributed by atoms with Crippen LogP contribution in [-0.4, -0.2) is 145 Å². The lowest BCUT2D eigenvalue weighted by molar-refractivity contribution is -0.136. The maximum atomic E-state index is 14.3. The Kier molecular flexibility index (Phi) is 29.4. The fourth-order valence-corrected chi connectivity index (χ4v) is 8.10. The predicted molar refractivity (Wildman–Crippen MR) is 276 cm³/mol. The number of carbonyl (C=O) groups excluding carboxylic acids is 9. The first kappa shape index (κ1) is 63.4. The molecule has 0 radical (unpaired) electrons. The fraction of sp³-hybridized carbons (Fsp3) is 0.700. The van der Waals surface area contributed by atoms with Crippen molar-refractivity contribution >= 4 is 53.2 Å². The van der Waals surface area contributed by atoms with Crippen LogP contribution in [0.2, 0.25) is 0 Å². The minimum atomic E-state index is -1.46. The number of benzene rings is 1. The molecule has 10 atom stereocenters. The molecular weight excluding hydrogens is 943 g/mol. The van der Waals surface area contributed by atoms with Gasteiger partial charge in [-0.15, -0.1) is 0 Å². The van der Waals surface area contributed by atoms with Crippen LogP contribution in [0.5, 0.6) is 0 Å². The summed E-state index contributed by atoms with van der Waals surface area (Å²) in [6, 6.07) is -1.56. The van der Waals surface area contributed by atoms with Crippen LogP contribution in [0, 0.1) is 17.8 Å². The van der Waals surface area contributed by atoms with E-state index in [1.54, 1.807) is 30.3 Å². The Balaban J connectivity index is 2.69. The zero-order valence-corrected chi connectivity index (χ0v) is 43.8. The van der Waals surface area contributed by atoms with Gasteiger partial charge < -0.3 is 75.9 Å². The van der Waals surface area contributed by atoms with Gasteiger partial charge in [-0.25, -0.2) is 0 Å². The third-order valence-electron chi connectivity index (χ3n) is 12.4. The Morgan fingerprint density at radius 1 is 0.603 bits per heavy atom. The van der Waals surface area contributed by atoms with Gasteiger partial charge in [-0.2, -0.15) is 0 Å². The Morgan fingerprint density at radius 3 is 1.53 bits per heavy atom. The van der Waals surface area contributed by atoms with Crippen molar-refractivity contribution in [2.24, 2.45) is 40.7 Å². The van der Waals surface area contributed by atoms with Crippen LogP contribution in [0.4, 0.5) is 0 Å². The fourth-order valence-electron chi connectivity index (χ4n) is 8.10. The first-order valence-electron chi connectivity index (χ1n) is 25.9. The van der Waals surface area contributed by atoms with Crippen LogP contribution in [0.1, 0.15) is 118 Å². The summed E-state index contributed by atoms with van der Waals surface area (Å²) in [7, 11) is 0. The second-order valence-corrected chi connectivity index (χ2v) is 19.8. The highest BCUT2D eigenvalue weighted by molar-refractivity contribution is 5.98. The number of hydrogen-bond acceptors (Lipinski definition) is 14. The standard InChI is InChI=1S/C50H87N13O10/c1-7-31(6)13-14-33(64)28-42(65)56-34(15-20-51)44(67)60-38-19-24-55-43(66)39(25-29(2)3)61-46(69)36(17-22-53)57-45(68)35(16-21-52)59-50(73)41(27-32-11-9-8-10-12-32)63-49(72)40(26-30(4)5)62-47(70)37(18-23-54)58-48(38)71/h8-12,29-31,33-41,64H,7,13-28,51-54H2,1-6H3,(H,55,66)(H,56,65)(H,57,68)(H,58,71)(H,59,73)(H,60,67)(H,61,69)(H,62,70)(H,63,72)/t31?,33?,34-,35+,36+,37+,38+,39+,40+,41-/m1/s1. The molecule has 0 spiro atoms. The van der Waals surface area contributed by atoms with Crippen molar-refractivity contribution in [2.75, 3.05) is 32.7 Å². The van der Waals surface area contributed by atoms with Gasteiger partial charge in [-0.05, 0) is 107 Å². The molecule has 0 aromatic heterocycles. The number of nitrogens with one attached hydrogen (secondary N) is 9. The van der Waals surface area contributed by atoms with Crippen molar-refractivity contribution in [3.63, 3.8) is 0 Å². The Hall–Kier alpha value is -5.75. The molecule has 23 nitrogen and oxygen atoms in total. The largest absolute Gasteiger partial charge is 0.393 e. The van der Waals surface area contributed by atoms with E-state index >= 15 is 0 Å². The molecule has 1 aromatic rings. The van der Waals surface area contributed by atoms with Gasteiger partial charge in [0.15, 0.2) is 0 Å². The zero-order chi connectivity index (χ0) is 54.6. The van der Waals surface area contributed by atoms with Crippen LogP contribution in [0.25, 0.3) is 0 Å². The second kappa shape index (κ2) is 33.9. The van der Waals surface area contributed by atoms with Gasteiger partial charge in [0.25, 0.3) is 0 Å². The molecule has 1 aliphatic heterocycles.